The summed E-state index contributed by atoms with van der Waals surface area (Å²) in [6.45, 7) is 7.06. The van der Waals surface area contributed by atoms with Crippen LogP contribution in [0.1, 0.15) is 24.5 Å². The van der Waals surface area contributed by atoms with Crippen LogP contribution in [0.3, 0.4) is 0 Å². The van der Waals surface area contributed by atoms with E-state index in [0.717, 1.165) is 34.7 Å². The Morgan fingerprint density at radius 2 is 1.70 bits per heavy atom. The first-order valence-corrected chi connectivity index (χ1v) is 7.93. The van der Waals surface area contributed by atoms with Gasteiger partial charge in [0.2, 0.25) is 5.91 Å². The molecule has 0 bridgehead atoms. The molecular weight excluding hydrogens is 288 g/mol. The SMILES string of the molecule is CCCOc1ccc(NC(=O)CNc2c(C)cccc2C)cc1. The number of hydrogen-bond acceptors (Lipinski definition) is 3. The Hall–Kier alpha value is -2.49. The normalized spacial score (nSPS) is 10.2. The van der Waals surface area contributed by atoms with Crippen LogP contribution in [-0.4, -0.2) is 19.1 Å². The number of amides is 1. The maximum absolute atomic E-state index is 12.1. The molecule has 0 fully saturated rings. The van der Waals surface area contributed by atoms with Crippen molar-refractivity contribution >= 4 is 17.3 Å². The van der Waals surface area contributed by atoms with E-state index >= 15 is 0 Å². The average Bonchev–Trinajstić information content (AvgIpc) is 2.54. The third kappa shape index (κ3) is 5.02. The number of rotatable bonds is 7. The molecule has 0 aliphatic carbocycles. The molecule has 0 unspecified atom stereocenters. The Bertz CT molecular complexity index is 631. The fraction of sp³-hybridized carbons (Fsp3) is 0.316. The minimum Gasteiger partial charge on any atom is -0.494 e. The zero-order valence-corrected chi connectivity index (χ0v) is 14.0. The molecule has 0 radical (unpaired) electrons. The van der Waals surface area contributed by atoms with Crippen molar-refractivity contribution < 1.29 is 9.53 Å². The average molecular weight is 312 g/mol. The van der Waals surface area contributed by atoms with Crippen LogP contribution in [-0.2, 0) is 4.79 Å². The van der Waals surface area contributed by atoms with Gasteiger partial charge in [-0.1, -0.05) is 25.1 Å². The van der Waals surface area contributed by atoms with E-state index in [-0.39, 0.29) is 12.5 Å². The quantitative estimate of drug-likeness (QED) is 0.808. The lowest BCUT2D eigenvalue weighted by Crippen LogP contribution is -2.22. The molecule has 2 rings (SSSR count). The van der Waals surface area contributed by atoms with Gasteiger partial charge in [-0.3, -0.25) is 4.79 Å². The molecule has 0 spiro atoms. The van der Waals surface area contributed by atoms with Crippen molar-refractivity contribution in [3.63, 3.8) is 0 Å². The van der Waals surface area contributed by atoms with Crippen molar-refractivity contribution in [1.82, 2.24) is 0 Å². The predicted molar refractivity (Wildman–Crippen MR) is 95.3 cm³/mol. The highest BCUT2D eigenvalue weighted by atomic mass is 16.5. The summed E-state index contributed by atoms with van der Waals surface area (Å²) in [5.41, 5.74) is 4.05. The highest BCUT2D eigenvalue weighted by Crippen LogP contribution is 2.19. The number of hydrogen-bond donors (Lipinski definition) is 2. The first kappa shape index (κ1) is 16.9. The van der Waals surface area contributed by atoms with Crippen molar-refractivity contribution in [2.75, 3.05) is 23.8 Å². The van der Waals surface area contributed by atoms with Crippen LogP contribution in [0.15, 0.2) is 42.5 Å². The standard InChI is InChI=1S/C19H24N2O2/c1-4-12-23-17-10-8-16(9-11-17)21-18(22)13-20-19-14(2)6-5-7-15(19)3/h5-11,20H,4,12-13H2,1-3H3,(H,21,22). The van der Waals surface area contributed by atoms with Crippen molar-refractivity contribution in [3.05, 3.63) is 53.6 Å². The van der Waals surface area contributed by atoms with Gasteiger partial charge >= 0.3 is 0 Å². The lowest BCUT2D eigenvalue weighted by molar-refractivity contribution is -0.114. The summed E-state index contributed by atoms with van der Waals surface area (Å²) in [5, 5.41) is 6.08. The summed E-state index contributed by atoms with van der Waals surface area (Å²) in [6, 6.07) is 13.5. The molecule has 1 amide bonds. The molecule has 0 aliphatic heterocycles. The first-order valence-electron chi connectivity index (χ1n) is 7.93. The second-order valence-corrected chi connectivity index (χ2v) is 5.54. The van der Waals surface area contributed by atoms with E-state index in [4.69, 9.17) is 4.74 Å². The third-order valence-electron chi connectivity index (χ3n) is 3.52. The van der Waals surface area contributed by atoms with E-state index in [1.54, 1.807) is 0 Å². The van der Waals surface area contributed by atoms with Gasteiger partial charge in [0.1, 0.15) is 5.75 Å². The molecule has 0 aliphatic rings. The number of benzene rings is 2. The molecule has 4 nitrogen and oxygen atoms in total. The Balaban J connectivity index is 1.87. The first-order chi connectivity index (χ1) is 11.1. The van der Waals surface area contributed by atoms with Crippen molar-refractivity contribution in [2.45, 2.75) is 27.2 Å². The smallest absolute Gasteiger partial charge is 0.243 e. The summed E-state index contributed by atoms with van der Waals surface area (Å²) >= 11 is 0. The van der Waals surface area contributed by atoms with E-state index in [1.165, 1.54) is 0 Å². The summed E-state index contributed by atoms with van der Waals surface area (Å²) < 4.78 is 5.52. The molecular formula is C19H24N2O2. The molecule has 2 N–H and O–H groups in total. The zero-order valence-electron chi connectivity index (χ0n) is 14.0. The van der Waals surface area contributed by atoms with Crippen molar-refractivity contribution in [2.24, 2.45) is 0 Å². The van der Waals surface area contributed by atoms with Crippen molar-refractivity contribution in [3.8, 4) is 5.75 Å². The van der Waals surface area contributed by atoms with Gasteiger partial charge < -0.3 is 15.4 Å². The second-order valence-electron chi connectivity index (χ2n) is 5.54. The molecule has 0 aromatic heterocycles. The number of para-hydroxylation sites is 1. The molecule has 4 heteroatoms. The van der Waals surface area contributed by atoms with Gasteiger partial charge in [-0.05, 0) is 55.7 Å². The van der Waals surface area contributed by atoms with Gasteiger partial charge in [0, 0.05) is 11.4 Å². The molecule has 122 valence electrons. The number of anilines is 2. The minimum atomic E-state index is -0.0742. The fourth-order valence-corrected chi connectivity index (χ4v) is 2.32. The number of nitrogens with one attached hydrogen (secondary N) is 2. The minimum absolute atomic E-state index is 0.0742. The maximum atomic E-state index is 12.1. The topological polar surface area (TPSA) is 50.4 Å². The van der Waals surface area contributed by atoms with Gasteiger partial charge in [0.15, 0.2) is 0 Å². The maximum Gasteiger partial charge on any atom is 0.243 e. The number of carbonyl (C=O) groups is 1. The number of carbonyl (C=O) groups excluding carboxylic acids is 1. The van der Waals surface area contributed by atoms with Gasteiger partial charge in [0.25, 0.3) is 0 Å². The largest absolute Gasteiger partial charge is 0.494 e. The lowest BCUT2D eigenvalue weighted by Gasteiger charge is -2.13. The van der Waals surface area contributed by atoms with Crippen LogP contribution in [0.2, 0.25) is 0 Å². The highest BCUT2D eigenvalue weighted by molar-refractivity contribution is 5.94. The molecule has 2 aromatic carbocycles. The summed E-state index contributed by atoms with van der Waals surface area (Å²) in [4.78, 5) is 12.1. The van der Waals surface area contributed by atoms with Crippen molar-refractivity contribution in [1.29, 1.82) is 0 Å². The zero-order chi connectivity index (χ0) is 16.7. The lowest BCUT2D eigenvalue weighted by atomic mass is 10.1. The van der Waals surface area contributed by atoms with E-state index in [1.807, 2.05) is 56.3 Å². The van der Waals surface area contributed by atoms with Crippen LogP contribution < -0.4 is 15.4 Å². The Morgan fingerprint density at radius 1 is 1.04 bits per heavy atom. The van der Waals surface area contributed by atoms with Crippen LogP contribution >= 0.6 is 0 Å². The third-order valence-corrected chi connectivity index (χ3v) is 3.52. The monoisotopic (exact) mass is 312 g/mol. The summed E-state index contributed by atoms with van der Waals surface area (Å²) in [6.07, 6.45) is 0.975. The molecule has 0 heterocycles. The van der Waals surface area contributed by atoms with Crippen LogP contribution in [0.5, 0.6) is 5.75 Å². The Labute approximate surface area is 137 Å². The fourth-order valence-electron chi connectivity index (χ4n) is 2.32. The Morgan fingerprint density at radius 3 is 2.30 bits per heavy atom. The number of ether oxygens (including phenoxy) is 1. The summed E-state index contributed by atoms with van der Waals surface area (Å²) in [7, 11) is 0. The van der Waals surface area contributed by atoms with Gasteiger partial charge in [-0.2, -0.15) is 0 Å². The highest BCUT2D eigenvalue weighted by Gasteiger charge is 2.06. The van der Waals surface area contributed by atoms with Crippen LogP contribution in [0.4, 0.5) is 11.4 Å². The molecule has 0 saturated carbocycles. The van der Waals surface area contributed by atoms with E-state index in [2.05, 4.69) is 17.6 Å². The van der Waals surface area contributed by atoms with Crippen LogP contribution in [0, 0.1) is 13.8 Å². The molecule has 0 atom stereocenters. The van der Waals surface area contributed by atoms with E-state index in [0.29, 0.717) is 6.61 Å². The molecule has 0 saturated heterocycles. The summed E-state index contributed by atoms with van der Waals surface area (Å²) in [5.74, 6) is 0.744. The van der Waals surface area contributed by atoms with E-state index in [9.17, 15) is 4.79 Å². The van der Waals surface area contributed by atoms with Gasteiger partial charge in [0.05, 0.1) is 13.2 Å². The predicted octanol–water partition coefficient (Wildman–Crippen LogP) is 4.14. The van der Waals surface area contributed by atoms with Gasteiger partial charge in [-0.25, -0.2) is 0 Å². The molecule has 23 heavy (non-hydrogen) atoms. The van der Waals surface area contributed by atoms with Gasteiger partial charge in [-0.15, -0.1) is 0 Å². The van der Waals surface area contributed by atoms with E-state index < -0.39 is 0 Å². The molecule has 2 aromatic rings. The Kier molecular flexibility index (Phi) is 6.03. The second kappa shape index (κ2) is 8.22. The van der Waals surface area contributed by atoms with Crippen LogP contribution in [0.25, 0.3) is 0 Å². The number of aryl methyl sites for hydroxylation is 2.